The van der Waals surface area contributed by atoms with E-state index in [1.165, 1.54) is 23.1 Å². The molecule has 0 aromatic heterocycles. The number of hydrogen-bond donors (Lipinski definition) is 0. The van der Waals surface area contributed by atoms with Gasteiger partial charge in [-0.1, -0.05) is 12.1 Å². The first-order chi connectivity index (χ1) is 17.5. The number of fused-ring (bicyclic) bond motifs is 4. The first kappa shape index (κ1) is 22.9. The number of amides is 2. The Kier molecular flexibility index (Phi) is 5.80. The van der Waals surface area contributed by atoms with Crippen LogP contribution in [0.1, 0.15) is 51.5 Å². The highest BCUT2D eigenvalue weighted by Crippen LogP contribution is 2.48. The number of carbonyl (C=O) groups is 2. The number of benzene rings is 3. The summed E-state index contributed by atoms with van der Waals surface area (Å²) >= 11 is 0. The molecule has 5 nitrogen and oxygen atoms in total. The molecule has 0 aliphatic carbocycles. The third-order valence-corrected chi connectivity index (χ3v) is 7.73. The van der Waals surface area contributed by atoms with Crippen molar-refractivity contribution in [2.24, 2.45) is 0 Å². The summed E-state index contributed by atoms with van der Waals surface area (Å²) in [5.74, 6) is -0.772. The molecule has 1 saturated heterocycles. The van der Waals surface area contributed by atoms with Crippen LogP contribution in [0.25, 0.3) is 0 Å². The molecule has 2 amide bonds. The van der Waals surface area contributed by atoms with Crippen molar-refractivity contribution in [1.29, 1.82) is 0 Å². The molecule has 0 N–H and O–H groups in total. The molecule has 3 aromatic rings. The van der Waals surface area contributed by atoms with Gasteiger partial charge in [0.15, 0.2) is 0 Å². The van der Waals surface area contributed by atoms with E-state index < -0.39 is 0 Å². The first-order valence-corrected chi connectivity index (χ1v) is 12.5. The lowest BCUT2D eigenvalue weighted by Gasteiger charge is -2.39. The molecule has 6 rings (SSSR count). The Labute approximate surface area is 208 Å². The molecule has 36 heavy (non-hydrogen) atoms. The Hall–Kier alpha value is -3.58. The quantitative estimate of drug-likeness (QED) is 0.347. The summed E-state index contributed by atoms with van der Waals surface area (Å²) in [5.41, 5.74) is 3.89. The first-order valence-electron chi connectivity index (χ1n) is 12.5. The average Bonchev–Trinajstić information content (AvgIpc) is 3.33. The fraction of sp³-hybridized carbons (Fsp3) is 0.310. The minimum atomic E-state index is -0.273. The summed E-state index contributed by atoms with van der Waals surface area (Å²) in [6.45, 7) is 2.99. The van der Waals surface area contributed by atoms with Crippen LogP contribution in [0.4, 0.5) is 20.2 Å². The highest BCUT2D eigenvalue weighted by molar-refractivity contribution is 6.21. The summed E-state index contributed by atoms with van der Waals surface area (Å²) in [5, 5.41) is 0. The maximum Gasteiger partial charge on any atom is 0.261 e. The SMILES string of the molecule is O=C1c2ccccc2C(=O)N1CCCCN1CC[C@@H]2C(C1)c1cc(F)ccc1N2c1ccc(F)cc1. The van der Waals surface area contributed by atoms with Crippen LogP contribution in [0.2, 0.25) is 0 Å². The van der Waals surface area contributed by atoms with E-state index in [1.807, 2.05) is 6.07 Å². The third kappa shape index (κ3) is 3.88. The van der Waals surface area contributed by atoms with E-state index in [0.29, 0.717) is 17.7 Å². The van der Waals surface area contributed by atoms with Crippen LogP contribution < -0.4 is 4.90 Å². The zero-order valence-corrected chi connectivity index (χ0v) is 19.9. The Bertz CT molecular complexity index is 1290. The van der Waals surface area contributed by atoms with Gasteiger partial charge in [0.05, 0.1) is 11.1 Å². The minimum absolute atomic E-state index is 0.158. The second kappa shape index (κ2) is 9.13. The van der Waals surface area contributed by atoms with Crippen molar-refractivity contribution in [3.8, 4) is 0 Å². The van der Waals surface area contributed by atoms with E-state index in [1.54, 1.807) is 42.5 Å². The van der Waals surface area contributed by atoms with Gasteiger partial charge >= 0.3 is 0 Å². The van der Waals surface area contributed by atoms with Gasteiger partial charge in [-0.25, -0.2) is 8.78 Å². The van der Waals surface area contributed by atoms with Crippen LogP contribution in [-0.4, -0.2) is 53.8 Å². The molecule has 3 aromatic carbocycles. The second-order valence-corrected chi connectivity index (χ2v) is 9.83. The van der Waals surface area contributed by atoms with Gasteiger partial charge in [0.2, 0.25) is 0 Å². The summed E-state index contributed by atoms with van der Waals surface area (Å²) in [7, 11) is 0. The van der Waals surface area contributed by atoms with Crippen molar-refractivity contribution < 1.29 is 18.4 Å². The zero-order valence-electron chi connectivity index (χ0n) is 19.9. The molecule has 2 atom stereocenters. The monoisotopic (exact) mass is 487 g/mol. The minimum Gasteiger partial charge on any atom is -0.337 e. The number of unbranched alkanes of at least 4 members (excludes halogenated alkanes) is 1. The molecule has 3 aliphatic rings. The van der Waals surface area contributed by atoms with Crippen LogP contribution in [0.5, 0.6) is 0 Å². The lowest BCUT2D eigenvalue weighted by atomic mass is 9.89. The molecule has 3 heterocycles. The number of rotatable bonds is 6. The maximum atomic E-state index is 14.2. The third-order valence-electron chi connectivity index (χ3n) is 7.73. The van der Waals surface area contributed by atoms with Gasteiger partial charge in [0.25, 0.3) is 11.8 Å². The number of imide groups is 1. The zero-order chi connectivity index (χ0) is 24.8. The van der Waals surface area contributed by atoms with Crippen LogP contribution in [0, 0.1) is 11.6 Å². The predicted molar refractivity (Wildman–Crippen MR) is 134 cm³/mol. The van der Waals surface area contributed by atoms with Gasteiger partial charge in [-0.05, 0) is 86.0 Å². The Balaban J connectivity index is 1.10. The van der Waals surface area contributed by atoms with Crippen LogP contribution in [0.3, 0.4) is 0 Å². The average molecular weight is 488 g/mol. The standard InChI is InChI=1S/C29H27F2N3O2/c30-19-7-10-21(11-8-19)34-26-12-9-20(31)17-24(26)25-18-32(16-13-27(25)34)14-3-4-15-33-28(35)22-5-1-2-6-23(22)29(33)36/h1-2,5-12,17,25,27H,3-4,13-16,18H2/t25?,27-/m1/s1. The number of piperidine rings is 1. The highest BCUT2D eigenvalue weighted by atomic mass is 19.1. The van der Waals surface area contributed by atoms with Crippen molar-refractivity contribution in [3.63, 3.8) is 0 Å². The number of carbonyl (C=O) groups excluding carboxylic acids is 2. The Morgan fingerprint density at radius 1 is 0.806 bits per heavy atom. The van der Waals surface area contributed by atoms with E-state index in [0.717, 1.165) is 55.8 Å². The number of likely N-dealkylation sites (tertiary alicyclic amines) is 1. The normalized spacial score (nSPS) is 21.1. The largest absolute Gasteiger partial charge is 0.337 e. The lowest BCUT2D eigenvalue weighted by molar-refractivity contribution is 0.0649. The van der Waals surface area contributed by atoms with Crippen molar-refractivity contribution in [1.82, 2.24) is 9.80 Å². The van der Waals surface area contributed by atoms with E-state index in [-0.39, 0.29) is 35.4 Å². The van der Waals surface area contributed by atoms with E-state index in [9.17, 15) is 18.4 Å². The van der Waals surface area contributed by atoms with Crippen molar-refractivity contribution >= 4 is 23.2 Å². The van der Waals surface area contributed by atoms with Gasteiger partial charge in [0, 0.05) is 43.0 Å². The molecule has 7 heteroatoms. The predicted octanol–water partition coefficient (Wildman–Crippen LogP) is 5.35. The number of anilines is 2. The fourth-order valence-corrected chi connectivity index (χ4v) is 6.03. The molecule has 3 aliphatic heterocycles. The van der Waals surface area contributed by atoms with Gasteiger partial charge in [-0.3, -0.25) is 14.5 Å². The van der Waals surface area contributed by atoms with Crippen LogP contribution >= 0.6 is 0 Å². The van der Waals surface area contributed by atoms with Crippen molar-refractivity contribution in [2.75, 3.05) is 31.1 Å². The number of halogens is 2. The lowest BCUT2D eigenvalue weighted by Crippen LogP contribution is -2.45. The van der Waals surface area contributed by atoms with Gasteiger partial charge < -0.3 is 9.80 Å². The second-order valence-electron chi connectivity index (χ2n) is 9.83. The van der Waals surface area contributed by atoms with Crippen molar-refractivity contribution in [3.05, 3.63) is 95.1 Å². The van der Waals surface area contributed by atoms with Gasteiger partial charge in [-0.2, -0.15) is 0 Å². The van der Waals surface area contributed by atoms with Crippen LogP contribution in [-0.2, 0) is 0 Å². The fourth-order valence-electron chi connectivity index (χ4n) is 6.03. The maximum absolute atomic E-state index is 14.2. The molecule has 184 valence electrons. The highest BCUT2D eigenvalue weighted by Gasteiger charge is 2.42. The van der Waals surface area contributed by atoms with Crippen molar-refractivity contribution in [2.45, 2.75) is 31.2 Å². The smallest absolute Gasteiger partial charge is 0.261 e. The number of nitrogens with zero attached hydrogens (tertiary/aromatic N) is 3. The van der Waals surface area contributed by atoms with E-state index in [2.05, 4.69) is 9.80 Å². The summed E-state index contributed by atoms with van der Waals surface area (Å²) in [6, 6.07) is 18.6. The summed E-state index contributed by atoms with van der Waals surface area (Å²) in [4.78, 5) is 31.1. The van der Waals surface area contributed by atoms with E-state index in [4.69, 9.17) is 0 Å². The Morgan fingerprint density at radius 3 is 2.19 bits per heavy atom. The molecule has 0 spiro atoms. The summed E-state index contributed by atoms with van der Waals surface area (Å²) in [6.07, 6.45) is 2.52. The van der Waals surface area contributed by atoms with Gasteiger partial charge in [-0.15, -0.1) is 0 Å². The van der Waals surface area contributed by atoms with E-state index >= 15 is 0 Å². The molecule has 0 radical (unpaired) electrons. The summed E-state index contributed by atoms with van der Waals surface area (Å²) < 4.78 is 27.8. The topological polar surface area (TPSA) is 43.9 Å². The van der Waals surface area contributed by atoms with Crippen LogP contribution in [0.15, 0.2) is 66.7 Å². The van der Waals surface area contributed by atoms with Gasteiger partial charge in [0.1, 0.15) is 11.6 Å². The molecule has 1 unspecified atom stereocenters. The Morgan fingerprint density at radius 2 is 1.47 bits per heavy atom. The molecular weight excluding hydrogens is 460 g/mol. The molecule has 0 saturated carbocycles. The molecule has 0 bridgehead atoms. The molecule has 1 fully saturated rings. The number of hydrogen-bond acceptors (Lipinski definition) is 4. The molecular formula is C29H27F2N3O2.